The van der Waals surface area contributed by atoms with Crippen LogP contribution in [0.15, 0.2) is 0 Å². The Morgan fingerprint density at radius 1 is 0.870 bits per heavy atom. The molecule has 0 aromatic heterocycles. The molecule has 0 aliphatic rings. The molecule has 2 nitrogen and oxygen atoms in total. The molecule has 0 fully saturated rings. The van der Waals surface area contributed by atoms with Crippen molar-refractivity contribution < 1.29 is 53.4 Å². The number of rotatable bonds is 6. The molecule has 12 heteroatoms. The Morgan fingerprint density at radius 3 is 1.61 bits per heavy atom. The smallest absolute Gasteiger partial charge is 0.404 e. The van der Waals surface area contributed by atoms with E-state index in [0.717, 1.165) is 6.92 Å². The van der Waals surface area contributed by atoms with Crippen molar-refractivity contribution in [1.29, 1.82) is 0 Å². The zero-order chi connectivity index (χ0) is 18.9. The highest BCUT2D eigenvalue weighted by Crippen LogP contribution is 2.44. The molecule has 0 aliphatic heterocycles. The van der Waals surface area contributed by atoms with E-state index >= 15 is 0 Å². The quantitative estimate of drug-likeness (QED) is 0.502. The van der Waals surface area contributed by atoms with E-state index in [-0.39, 0.29) is 0 Å². The molecule has 0 radical (unpaired) electrons. The van der Waals surface area contributed by atoms with E-state index in [0.29, 0.717) is 6.92 Å². The minimum atomic E-state index is -5.65. The van der Waals surface area contributed by atoms with Crippen LogP contribution < -0.4 is 0 Å². The molecule has 0 heterocycles. The molecule has 0 bridgehead atoms. The van der Waals surface area contributed by atoms with Gasteiger partial charge in [-0.25, -0.2) is 0 Å². The Kier molecular flexibility index (Phi) is 6.01. The van der Waals surface area contributed by atoms with E-state index in [1.165, 1.54) is 0 Å². The third kappa shape index (κ3) is 5.13. The zero-order valence-corrected chi connectivity index (χ0v) is 11.7. The molecule has 0 saturated carbocycles. The molecule has 0 saturated heterocycles. The summed E-state index contributed by atoms with van der Waals surface area (Å²) in [5, 5.41) is 0. The van der Waals surface area contributed by atoms with Crippen molar-refractivity contribution in [2.45, 2.75) is 50.9 Å². The van der Waals surface area contributed by atoms with E-state index in [1.54, 1.807) is 0 Å². The fourth-order valence-electron chi connectivity index (χ4n) is 1.26. The molecule has 23 heavy (non-hydrogen) atoms. The number of halogens is 10. The lowest BCUT2D eigenvalue weighted by molar-refractivity contribution is -0.278. The van der Waals surface area contributed by atoms with Crippen molar-refractivity contribution in [1.82, 2.24) is 0 Å². The van der Waals surface area contributed by atoms with Crippen LogP contribution in [-0.4, -0.2) is 36.8 Å². The van der Waals surface area contributed by atoms with Crippen LogP contribution in [0, 0.1) is 5.41 Å². The second-order valence-corrected chi connectivity index (χ2v) is 4.96. The lowest BCUT2D eigenvalue weighted by Crippen LogP contribution is -2.49. The van der Waals surface area contributed by atoms with Gasteiger partial charge in [-0.3, -0.25) is 4.79 Å². The normalized spacial score (nSPS) is 16.9. The molecule has 0 aromatic rings. The van der Waals surface area contributed by atoms with Crippen molar-refractivity contribution in [3.63, 3.8) is 0 Å². The monoisotopic (exact) mass is 366 g/mol. The minimum Gasteiger partial charge on any atom is -0.458 e. The van der Waals surface area contributed by atoms with Crippen LogP contribution >= 0.6 is 0 Å². The van der Waals surface area contributed by atoms with Gasteiger partial charge in [-0.15, -0.1) is 0 Å². The fraction of sp³-hybridized carbons (Fsp3) is 0.909. The van der Waals surface area contributed by atoms with Crippen molar-refractivity contribution in [2.75, 3.05) is 6.61 Å². The average Bonchev–Trinajstić information content (AvgIpc) is 2.30. The maximum atomic E-state index is 13.1. The molecule has 1 atom stereocenters. The van der Waals surface area contributed by atoms with Crippen LogP contribution in [0.25, 0.3) is 0 Å². The SMILES string of the molecule is CCC(C)(C(=O)OCC(F)(F)C(F)(F)CC(F)(F)F)C(F)(F)F. The van der Waals surface area contributed by atoms with Crippen LogP contribution in [-0.2, 0) is 9.53 Å². The lowest BCUT2D eigenvalue weighted by Gasteiger charge is -2.31. The van der Waals surface area contributed by atoms with E-state index in [1.807, 2.05) is 0 Å². The van der Waals surface area contributed by atoms with E-state index in [2.05, 4.69) is 4.74 Å². The topological polar surface area (TPSA) is 26.3 Å². The Morgan fingerprint density at radius 2 is 1.30 bits per heavy atom. The molecule has 0 aromatic carbocycles. The molecular formula is C11H12F10O2. The molecule has 1 unspecified atom stereocenters. The summed E-state index contributed by atoms with van der Waals surface area (Å²) in [6.07, 6.45) is -15.0. The Balaban J connectivity index is 5.12. The summed E-state index contributed by atoms with van der Waals surface area (Å²) in [6.45, 7) is -1.45. The second kappa shape index (κ2) is 6.34. The molecule has 0 amide bonds. The van der Waals surface area contributed by atoms with E-state index in [9.17, 15) is 48.7 Å². The molecule has 138 valence electrons. The number of esters is 1. The summed E-state index contributed by atoms with van der Waals surface area (Å²) < 4.78 is 129. The predicted molar refractivity (Wildman–Crippen MR) is 56.0 cm³/mol. The lowest BCUT2D eigenvalue weighted by atomic mass is 9.87. The Labute approximate surface area is 123 Å². The maximum absolute atomic E-state index is 13.1. The Hall–Kier alpha value is -1.23. The molecule has 0 aliphatic carbocycles. The summed E-state index contributed by atoms with van der Waals surface area (Å²) >= 11 is 0. The molecular weight excluding hydrogens is 354 g/mol. The molecule has 0 N–H and O–H groups in total. The highest BCUT2D eigenvalue weighted by Gasteiger charge is 2.63. The molecule has 0 spiro atoms. The number of hydrogen-bond acceptors (Lipinski definition) is 2. The van der Waals surface area contributed by atoms with Gasteiger partial charge in [-0.2, -0.15) is 43.9 Å². The van der Waals surface area contributed by atoms with Gasteiger partial charge in [0, 0.05) is 0 Å². The van der Waals surface area contributed by atoms with Gasteiger partial charge in [-0.1, -0.05) is 6.92 Å². The third-order valence-electron chi connectivity index (χ3n) is 3.13. The first-order chi connectivity index (χ1) is 9.90. The van der Waals surface area contributed by atoms with Gasteiger partial charge in [0.1, 0.15) is 6.42 Å². The highest BCUT2D eigenvalue weighted by molar-refractivity contribution is 5.77. The Bertz CT molecular complexity index is 426. The third-order valence-corrected chi connectivity index (χ3v) is 3.13. The number of carbonyl (C=O) groups excluding carboxylic acids is 1. The van der Waals surface area contributed by atoms with Gasteiger partial charge >= 0.3 is 30.2 Å². The van der Waals surface area contributed by atoms with Gasteiger partial charge < -0.3 is 4.74 Å². The summed E-state index contributed by atoms with van der Waals surface area (Å²) in [5.41, 5.74) is -3.25. The van der Waals surface area contributed by atoms with Gasteiger partial charge in [0.25, 0.3) is 0 Å². The van der Waals surface area contributed by atoms with Crippen LogP contribution in [0.1, 0.15) is 26.7 Å². The van der Waals surface area contributed by atoms with E-state index in [4.69, 9.17) is 0 Å². The molecule has 0 rings (SSSR count). The fourth-order valence-corrected chi connectivity index (χ4v) is 1.26. The number of alkyl halides is 10. The number of ether oxygens (including phenoxy) is 1. The highest BCUT2D eigenvalue weighted by atomic mass is 19.4. The van der Waals surface area contributed by atoms with Crippen molar-refractivity contribution >= 4 is 5.97 Å². The first-order valence-electron chi connectivity index (χ1n) is 5.96. The summed E-state index contributed by atoms with van der Waals surface area (Å²) in [6, 6.07) is 0. The van der Waals surface area contributed by atoms with Gasteiger partial charge in [0.15, 0.2) is 12.0 Å². The number of hydrogen-bond donors (Lipinski definition) is 0. The second-order valence-electron chi connectivity index (χ2n) is 4.96. The van der Waals surface area contributed by atoms with Crippen molar-refractivity contribution in [3.05, 3.63) is 0 Å². The van der Waals surface area contributed by atoms with Gasteiger partial charge in [0.2, 0.25) is 0 Å². The van der Waals surface area contributed by atoms with Gasteiger partial charge in [-0.05, 0) is 13.3 Å². The number of carbonyl (C=O) groups is 1. The average molecular weight is 366 g/mol. The van der Waals surface area contributed by atoms with Gasteiger partial charge in [0.05, 0.1) is 0 Å². The van der Waals surface area contributed by atoms with Crippen LogP contribution in [0.3, 0.4) is 0 Å². The maximum Gasteiger partial charge on any atom is 0.404 e. The summed E-state index contributed by atoms with van der Waals surface area (Å²) in [5.74, 6) is -13.4. The predicted octanol–water partition coefficient (Wildman–Crippen LogP) is 4.73. The first kappa shape index (κ1) is 21.8. The van der Waals surface area contributed by atoms with Crippen molar-refractivity contribution in [2.24, 2.45) is 5.41 Å². The largest absolute Gasteiger partial charge is 0.458 e. The zero-order valence-electron chi connectivity index (χ0n) is 11.7. The summed E-state index contributed by atoms with van der Waals surface area (Å²) in [4.78, 5) is 11.3. The van der Waals surface area contributed by atoms with Crippen LogP contribution in [0.5, 0.6) is 0 Å². The minimum absolute atomic E-state index is 0.293. The summed E-state index contributed by atoms with van der Waals surface area (Å²) in [7, 11) is 0. The van der Waals surface area contributed by atoms with E-state index < -0.39 is 55.0 Å². The first-order valence-corrected chi connectivity index (χ1v) is 5.96. The standard InChI is InChI=1S/C11H12F10O2/c1-3-7(2,11(19,20)21)6(22)23-5-9(14,15)8(12,13)4-10(16,17)18/h3-5H2,1-2H3. The van der Waals surface area contributed by atoms with Crippen LogP contribution in [0.2, 0.25) is 0 Å². The van der Waals surface area contributed by atoms with Crippen molar-refractivity contribution in [3.8, 4) is 0 Å². The van der Waals surface area contributed by atoms with Crippen LogP contribution in [0.4, 0.5) is 43.9 Å².